The van der Waals surface area contributed by atoms with Crippen molar-refractivity contribution in [3.63, 3.8) is 0 Å². The molecule has 2 aromatic rings. The smallest absolute Gasteiger partial charge is 0.338 e. The number of aryl methyl sites for hydroxylation is 2. The first kappa shape index (κ1) is 24.3. The molecule has 0 saturated carbocycles. The number of hydrogen-bond acceptors (Lipinski definition) is 4. The number of nitrogens with zero attached hydrogens (tertiary/aromatic N) is 1. The molecule has 0 aliphatic carbocycles. The summed E-state index contributed by atoms with van der Waals surface area (Å²) in [5.74, 6) is -0.451. The standard InChI is InChI=1S/C25H29F2NO3/c1-5-7-10-21(25(29)30-4)20-11-8-9-17(3)22(20)16-31-28-23(24(26)27)19-14-12-18(6-2)13-15-19/h8-15,24H,5-7,16H2,1-4H3/b21-10-,28-23-. The van der Waals surface area contributed by atoms with Crippen molar-refractivity contribution in [3.8, 4) is 0 Å². The monoisotopic (exact) mass is 429 g/mol. The van der Waals surface area contributed by atoms with Gasteiger partial charge in [0.05, 0.1) is 12.7 Å². The number of ether oxygens (including phenoxy) is 1. The van der Waals surface area contributed by atoms with E-state index in [0.717, 1.165) is 24.0 Å². The molecule has 2 rings (SSSR count). The molecule has 0 bridgehead atoms. The Kier molecular flexibility index (Phi) is 9.38. The molecule has 31 heavy (non-hydrogen) atoms. The van der Waals surface area contributed by atoms with Crippen molar-refractivity contribution in [1.29, 1.82) is 0 Å². The highest BCUT2D eigenvalue weighted by Gasteiger charge is 2.19. The minimum atomic E-state index is -2.78. The van der Waals surface area contributed by atoms with E-state index < -0.39 is 18.1 Å². The molecule has 4 nitrogen and oxygen atoms in total. The Bertz CT molecular complexity index is 934. The second kappa shape index (κ2) is 12.0. The first-order valence-electron chi connectivity index (χ1n) is 10.4. The highest BCUT2D eigenvalue weighted by molar-refractivity contribution is 6.16. The summed E-state index contributed by atoms with van der Waals surface area (Å²) in [6, 6.07) is 12.3. The number of esters is 1. The maximum atomic E-state index is 13.6. The number of benzene rings is 2. The summed E-state index contributed by atoms with van der Waals surface area (Å²) >= 11 is 0. The second-order valence-corrected chi connectivity index (χ2v) is 7.10. The molecular formula is C25H29F2NO3. The van der Waals surface area contributed by atoms with Crippen molar-refractivity contribution in [2.75, 3.05) is 7.11 Å². The number of carbonyl (C=O) groups excluding carboxylic acids is 1. The van der Waals surface area contributed by atoms with Gasteiger partial charge in [0, 0.05) is 11.1 Å². The number of unbranched alkanes of at least 4 members (excludes halogenated alkanes) is 1. The molecule has 0 fully saturated rings. The van der Waals surface area contributed by atoms with Crippen LogP contribution in [-0.2, 0) is 27.4 Å². The quantitative estimate of drug-likeness (QED) is 0.198. The third kappa shape index (κ3) is 6.48. The lowest BCUT2D eigenvalue weighted by atomic mass is 9.95. The van der Waals surface area contributed by atoms with Crippen LogP contribution in [0.4, 0.5) is 8.78 Å². The van der Waals surface area contributed by atoms with Gasteiger partial charge in [-0.25, -0.2) is 13.6 Å². The van der Waals surface area contributed by atoms with Crippen LogP contribution in [0.1, 0.15) is 54.5 Å². The molecule has 0 amide bonds. The number of alkyl halides is 2. The van der Waals surface area contributed by atoms with Gasteiger partial charge in [0.2, 0.25) is 0 Å². The van der Waals surface area contributed by atoms with Gasteiger partial charge in [-0.15, -0.1) is 0 Å². The van der Waals surface area contributed by atoms with Gasteiger partial charge in [-0.05, 0) is 36.5 Å². The van der Waals surface area contributed by atoms with E-state index in [0.29, 0.717) is 28.7 Å². The van der Waals surface area contributed by atoms with Crippen LogP contribution < -0.4 is 0 Å². The summed E-state index contributed by atoms with van der Waals surface area (Å²) in [6.45, 7) is 5.83. The van der Waals surface area contributed by atoms with Crippen LogP contribution in [0.3, 0.4) is 0 Å². The number of hydrogen-bond donors (Lipinski definition) is 0. The van der Waals surface area contributed by atoms with Gasteiger partial charge >= 0.3 is 5.97 Å². The normalized spacial score (nSPS) is 12.2. The molecule has 0 unspecified atom stereocenters. The average Bonchev–Trinajstić information content (AvgIpc) is 2.77. The van der Waals surface area contributed by atoms with Gasteiger partial charge in [-0.1, -0.05) is 74.0 Å². The maximum Gasteiger partial charge on any atom is 0.338 e. The van der Waals surface area contributed by atoms with E-state index >= 15 is 0 Å². The zero-order valence-corrected chi connectivity index (χ0v) is 18.5. The van der Waals surface area contributed by atoms with Crippen molar-refractivity contribution in [2.45, 2.75) is 53.1 Å². The van der Waals surface area contributed by atoms with Crippen molar-refractivity contribution in [1.82, 2.24) is 0 Å². The first-order valence-corrected chi connectivity index (χ1v) is 10.4. The summed E-state index contributed by atoms with van der Waals surface area (Å²) in [5, 5.41) is 3.74. The molecule has 2 aromatic carbocycles. The Labute approximate surface area is 182 Å². The molecule has 0 atom stereocenters. The number of allylic oxidation sites excluding steroid dienone is 1. The van der Waals surface area contributed by atoms with Gasteiger partial charge in [0.25, 0.3) is 6.43 Å². The predicted octanol–water partition coefficient (Wildman–Crippen LogP) is 6.10. The molecule has 0 aliphatic rings. The van der Waals surface area contributed by atoms with Crippen molar-refractivity contribution >= 4 is 17.3 Å². The molecule has 0 radical (unpaired) electrons. The lowest BCUT2D eigenvalue weighted by Crippen LogP contribution is -2.13. The zero-order valence-electron chi connectivity index (χ0n) is 18.5. The molecule has 166 valence electrons. The minimum Gasteiger partial charge on any atom is -0.465 e. The van der Waals surface area contributed by atoms with E-state index in [-0.39, 0.29) is 6.61 Å². The molecule has 0 aliphatic heterocycles. The average molecular weight is 430 g/mol. The number of halogens is 2. The van der Waals surface area contributed by atoms with Crippen LogP contribution in [0.25, 0.3) is 5.57 Å². The van der Waals surface area contributed by atoms with Crippen molar-refractivity contribution in [3.05, 3.63) is 76.4 Å². The molecule has 6 heteroatoms. The Morgan fingerprint density at radius 3 is 2.42 bits per heavy atom. The number of carbonyl (C=O) groups is 1. The Hall–Kier alpha value is -3.02. The van der Waals surface area contributed by atoms with E-state index in [9.17, 15) is 13.6 Å². The van der Waals surface area contributed by atoms with Crippen LogP contribution in [0.5, 0.6) is 0 Å². The summed E-state index contributed by atoms with van der Waals surface area (Å²) in [5.41, 5.74) is 3.60. The molecular weight excluding hydrogens is 400 g/mol. The predicted molar refractivity (Wildman–Crippen MR) is 119 cm³/mol. The number of methoxy groups -OCH3 is 1. The number of rotatable bonds is 10. The van der Waals surface area contributed by atoms with Crippen LogP contribution in [-0.4, -0.2) is 25.2 Å². The molecule has 0 spiro atoms. The minimum absolute atomic E-state index is 0.0499. The van der Waals surface area contributed by atoms with Crippen molar-refractivity contribution < 1.29 is 23.1 Å². The lowest BCUT2D eigenvalue weighted by molar-refractivity contribution is -0.133. The SMILES string of the molecule is CCC/C=C(\C(=O)OC)c1cccc(C)c1CO/N=C(/c1ccc(CC)cc1)C(F)F. The van der Waals surface area contributed by atoms with Gasteiger partial charge in [0.1, 0.15) is 6.61 Å². The highest BCUT2D eigenvalue weighted by atomic mass is 19.3. The summed E-state index contributed by atoms with van der Waals surface area (Å²) in [7, 11) is 1.33. The molecule has 0 saturated heterocycles. The van der Waals surface area contributed by atoms with Crippen LogP contribution >= 0.6 is 0 Å². The largest absolute Gasteiger partial charge is 0.465 e. The molecule has 0 aromatic heterocycles. The summed E-state index contributed by atoms with van der Waals surface area (Å²) in [6.07, 6.45) is 1.45. The topological polar surface area (TPSA) is 47.9 Å². The lowest BCUT2D eigenvalue weighted by Gasteiger charge is -2.14. The first-order chi connectivity index (χ1) is 14.9. The zero-order chi connectivity index (χ0) is 22.8. The fourth-order valence-electron chi connectivity index (χ4n) is 3.14. The van der Waals surface area contributed by atoms with Gasteiger partial charge in [-0.2, -0.15) is 0 Å². The fraction of sp³-hybridized carbons (Fsp3) is 0.360. The third-order valence-electron chi connectivity index (χ3n) is 4.98. The third-order valence-corrected chi connectivity index (χ3v) is 4.98. The van der Waals surface area contributed by atoms with Crippen LogP contribution in [0, 0.1) is 6.92 Å². The van der Waals surface area contributed by atoms with E-state index in [1.807, 2.05) is 39.0 Å². The fourth-order valence-corrected chi connectivity index (χ4v) is 3.14. The Morgan fingerprint density at radius 2 is 1.84 bits per heavy atom. The Morgan fingerprint density at radius 1 is 1.13 bits per heavy atom. The summed E-state index contributed by atoms with van der Waals surface area (Å²) in [4.78, 5) is 17.7. The van der Waals surface area contributed by atoms with Gasteiger partial charge < -0.3 is 9.57 Å². The second-order valence-electron chi connectivity index (χ2n) is 7.10. The maximum absolute atomic E-state index is 13.6. The number of oxime groups is 1. The van der Waals surface area contributed by atoms with E-state index in [1.54, 1.807) is 30.3 Å². The summed E-state index contributed by atoms with van der Waals surface area (Å²) < 4.78 is 32.1. The van der Waals surface area contributed by atoms with Crippen LogP contribution in [0.2, 0.25) is 0 Å². The van der Waals surface area contributed by atoms with E-state index in [4.69, 9.17) is 9.57 Å². The van der Waals surface area contributed by atoms with E-state index in [1.165, 1.54) is 7.11 Å². The Balaban J connectivity index is 2.34. The van der Waals surface area contributed by atoms with Crippen LogP contribution in [0.15, 0.2) is 53.7 Å². The van der Waals surface area contributed by atoms with E-state index in [2.05, 4.69) is 5.16 Å². The highest BCUT2D eigenvalue weighted by Crippen LogP contribution is 2.25. The molecule has 0 heterocycles. The van der Waals surface area contributed by atoms with Gasteiger partial charge in [0.15, 0.2) is 5.71 Å². The van der Waals surface area contributed by atoms with Gasteiger partial charge in [-0.3, -0.25) is 0 Å². The van der Waals surface area contributed by atoms with Crippen molar-refractivity contribution in [2.24, 2.45) is 5.16 Å². The molecule has 0 N–H and O–H groups in total.